The predicted molar refractivity (Wildman–Crippen MR) is 103 cm³/mol. The number of rotatable bonds is 9. The van der Waals surface area contributed by atoms with Crippen LogP contribution in [0.15, 0.2) is 28.2 Å². The quantitative estimate of drug-likeness (QED) is 0.203. The molecule has 3 amide bonds. The van der Waals surface area contributed by atoms with Gasteiger partial charge >= 0.3 is 0 Å². The Balaban J connectivity index is 1.91. The van der Waals surface area contributed by atoms with E-state index in [0.29, 0.717) is 30.7 Å². The number of nitrogens with one attached hydrogen (secondary N) is 1. The van der Waals surface area contributed by atoms with Crippen LogP contribution >= 0.6 is 15.9 Å². The summed E-state index contributed by atoms with van der Waals surface area (Å²) >= 11 is 3.40. The van der Waals surface area contributed by atoms with Crippen LogP contribution < -0.4 is 10.2 Å². The molecular weight excluding hydrogens is 416 g/mol. The van der Waals surface area contributed by atoms with Crippen molar-refractivity contribution in [3.05, 3.63) is 33.8 Å². The van der Waals surface area contributed by atoms with Gasteiger partial charge in [-0.15, -0.1) is 0 Å². The maximum absolute atomic E-state index is 12.6. The second-order valence-corrected chi connectivity index (χ2v) is 7.20. The van der Waals surface area contributed by atoms with E-state index in [2.05, 4.69) is 15.9 Å². The molecule has 2 N–H and O–H groups in total. The Morgan fingerprint density at radius 1 is 1.30 bits per heavy atom. The molecule has 1 saturated heterocycles. The molecule has 27 heavy (non-hydrogen) atoms. The number of ether oxygens (including phenoxy) is 1. The van der Waals surface area contributed by atoms with E-state index in [9.17, 15) is 14.4 Å². The van der Waals surface area contributed by atoms with Gasteiger partial charge in [0, 0.05) is 28.6 Å². The predicted octanol–water partition coefficient (Wildman–Crippen LogP) is 3.06. The fourth-order valence-corrected chi connectivity index (χ4v) is 3.31. The Hall–Kier alpha value is -2.19. The molecule has 0 aromatic heterocycles. The van der Waals surface area contributed by atoms with Crippen molar-refractivity contribution in [2.45, 2.75) is 38.5 Å². The number of carbonyl (C=O) groups is 3. The molecule has 1 aromatic rings. The van der Waals surface area contributed by atoms with Gasteiger partial charge in [-0.2, -0.15) is 0 Å². The average molecular weight is 439 g/mol. The van der Waals surface area contributed by atoms with Crippen LogP contribution in [0.3, 0.4) is 0 Å². The van der Waals surface area contributed by atoms with Crippen molar-refractivity contribution in [2.24, 2.45) is 0 Å². The average Bonchev–Trinajstić information content (AvgIpc) is 2.91. The molecule has 8 heteroatoms. The van der Waals surface area contributed by atoms with Gasteiger partial charge in [0.1, 0.15) is 5.75 Å². The third-order valence-electron chi connectivity index (χ3n) is 4.34. The number of hydrogen-bond donors (Lipinski definition) is 2. The topological polar surface area (TPSA) is 95.9 Å². The zero-order valence-corrected chi connectivity index (χ0v) is 16.8. The Bertz CT molecular complexity index is 748. The number of carbonyl (C=O) groups excluding carboxylic acids is 3. The van der Waals surface area contributed by atoms with Gasteiger partial charge in [0.25, 0.3) is 5.91 Å². The van der Waals surface area contributed by atoms with Crippen molar-refractivity contribution in [1.82, 2.24) is 10.4 Å². The Labute approximate surface area is 166 Å². The minimum atomic E-state index is -0.405. The number of nitrogens with zero attached hydrogens (tertiary/aromatic N) is 1. The molecule has 1 fully saturated rings. The largest absolute Gasteiger partial charge is 0.496 e. The fourth-order valence-electron chi connectivity index (χ4n) is 2.93. The molecule has 2 rings (SSSR count). The highest BCUT2D eigenvalue weighted by Crippen LogP contribution is 2.28. The monoisotopic (exact) mass is 438 g/mol. The normalized spacial score (nSPS) is 15.5. The molecule has 1 aliphatic heterocycles. The Kier molecular flexibility index (Phi) is 7.99. The molecular formula is C19H23BrN2O5. The lowest BCUT2D eigenvalue weighted by molar-refractivity contribution is -0.137. The molecule has 0 aliphatic carbocycles. The highest BCUT2D eigenvalue weighted by molar-refractivity contribution is 9.10. The van der Waals surface area contributed by atoms with Gasteiger partial charge in [-0.25, -0.2) is 5.48 Å². The molecule has 0 spiro atoms. The summed E-state index contributed by atoms with van der Waals surface area (Å²) in [5.74, 6) is -0.226. The van der Waals surface area contributed by atoms with Crippen molar-refractivity contribution >= 4 is 39.7 Å². The number of imide groups is 1. The lowest BCUT2D eigenvalue weighted by Crippen LogP contribution is -2.30. The van der Waals surface area contributed by atoms with Crippen molar-refractivity contribution in [1.29, 1.82) is 0 Å². The number of benzene rings is 1. The first-order valence-corrected chi connectivity index (χ1v) is 9.57. The fraction of sp³-hybridized carbons (Fsp3) is 0.421. The van der Waals surface area contributed by atoms with Crippen molar-refractivity contribution in [3.63, 3.8) is 0 Å². The Morgan fingerprint density at radius 2 is 2.04 bits per heavy atom. The number of methoxy groups -OCH3 is 1. The number of halogens is 1. The molecule has 1 heterocycles. The number of hydrogen-bond acceptors (Lipinski definition) is 5. The summed E-state index contributed by atoms with van der Waals surface area (Å²) in [5.41, 5.74) is 2.79. The third-order valence-corrected chi connectivity index (χ3v) is 4.84. The molecule has 146 valence electrons. The maximum atomic E-state index is 12.6. The first-order chi connectivity index (χ1) is 13.0. The van der Waals surface area contributed by atoms with Crippen LogP contribution in [0.5, 0.6) is 5.75 Å². The van der Waals surface area contributed by atoms with E-state index in [0.717, 1.165) is 22.9 Å². The molecule has 0 unspecified atom stereocenters. The van der Waals surface area contributed by atoms with E-state index in [4.69, 9.17) is 9.94 Å². The van der Waals surface area contributed by atoms with E-state index >= 15 is 0 Å². The van der Waals surface area contributed by atoms with Gasteiger partial charge in [0.05, 0.1) is 13.5 Å². The van der Waals surface area contributed by atoms with E-state index in [-0.39, 0.29) is 24.7 Å². The van der Waals surface area contributed by atoms with Crippen molar-refractivity contribution < 1.29 is 24.3 Å². The lowest BCUT2D eigenvalue weighted by atomic mass is 10.1. The van der Waals surface area contributed by atoms with Crippen LogP contribution in [-0.4, -0.2) is 41.5 Å². The summed E-state index contributed by atoms with van der Waals surface area (Å²) in [6, 6.07) is 5.49. The number of hydroxylamine groups is 1. The van der Waals surface area contributed by atoms with Gasteiger partial charge in [0.2, 0.25) is 11.8 Å². The molecule has 1 aliphatic rings. The van der Waals surface area contributed by atoms with Crippen LogP contribution in [0.1, 0.15) is 44.1 Å². The van der Waals surface area contributed by atoms with Gasteiger partial charge in [-0.1, -0.05) is 28.8 Å². The first-order valence-electron chi connectivity index (χ1n) is 8.78. The Morgan fingerprint density at radius 3 is 2.74 bits per heavy atom. The molecule has 1 aromatic carbocycles. The molecule has 7 nitrogen and oxygen atoms in total. The zero-order valence-electron chi connectivity index (χ0n) is 15.2. The molecule has 0 bridgehead atoms. The van der Waals surface area contributed by atoms with Crippen LogP contribution in [0.2, 0.25) is 0 Å². The third kappa shape index (κ3) is 5.90. The summed E-state index contributed by atoms with van der Waals surface area (Å²) in [5, 5.41) is 8.42. The van der Waals surface area contributed by atoms with Gasteiger partial charge in [-0.3, -0.25) is 24.5 Å². The standard InChI is InChI=1S/C19H23BrN2O5/c1-27-16-8-7-15(20)11-13(16)10-14-12-18(24)22(19(14)25)9-5-3-2-4-6-17(23)21-26/h7-8,10-11,26H,2-6,9,12H2,1H3,(H,21,23). The minimum absolute atomic E-state index is 0.0885. The van der Waals surface area contributed by atoms with E-state index in [1.54, 1.807) is 24.7 Å². The van der Waals surface area contributed by atoms with E-state index in [1.807, 2.05) is 12.1 Å². The summed E-state index contributed by atoms with van der Waals surface area (Å²) in [4.78, 5) is 37.0. The van der Waals surface area contributed by atoms with Crippen LogP contribution in [-0.2, 0) is 14.4 Å². The number of amides is 3. The van der Waals surface area contributed by atoms with Crippen LogP contribution in [0.4, 0.5) is 0 Å². The second-order valence-electron chi connectivity index (χ2n) is 6.28. The molecule has 0 saturated carbocycles. The van der Waals surface area contributed by atoms with Gasteiger partial charge < -0.3 is 4.74 Å². The summed E-state index contributed by atoms with van der Waals surface area (Å²) in [6.07, 6.45) is 4.99. The molecule has 0 atom stereocenters. The SMILES string of the molecule is COc1ccc(Br)cc1C=C1CC(=O)N(CCCCCCC(=O)NO)C1=O. The molecule has 0 radical (unpaired) electrons. The van der Waals surface area contributed by atoms with Gasteiger partial charge in [0.15, 0.2) is 0 Å². The summed E-state index contributed by atoms with van der Waals surface area (Å²) in [7, 11) is 1.56. The van der Waals surface area contributed by atoms with Gasteiger partial charge in [-0.05, 0) is 37.1 Å². The van der Waals surface area contributed by atoms with Crippen molar-refractivity contribution in [2.75, 3.05) is 13.7 Å². The summed E-state index contributed by atoms with van der Waals surface area (Å²) in [6.45, 7) is 0.372. The smallest absolute Gasteiger partial charge is 0.256 e. The van der Waals surface area contributed by atoms with Crippen LogP contribution in [0, 0.1) is 0 Å². The lowest BCUT2D eigenvalue weighted by Gasteiger charge is -2.13. The van der Waals surface area contributed by atoms with Crippen LogP contribution in [0.25, 0.3) is 6.08 Å². The zero-order chi connectivity index (χ0) is 19.8. The minimum Gasteiger partial charge on any atom is -0.496 e. The highest BCUT2D eigenvalue weighted by atomic mass is 79.9. The second kappa shape index (κ2) is 10.2. The maximum Gasteiger partial charge on any atom is 0.256 e. The number of likely N-dealkylation sites (tertiary alicyclic amines) is 1. The highest BCUT2D eigenvalue weighted by Gasteiger charge is 2.33. The van der Waals surface area contributed by atoms with E-state index < -0.39 is 5.91 Å². The van der Waals surface area contributed by atoms with E-state index in [1.165, 1.54) is 4.90 Å². The first kappa shape index (κ1) is 21.1. The number of unbranched alkanes of at least 4 members (excludes halogenated alkanes) is 3. The summed E-state index contributed by atoms with van der Waals surface area (Å²) < 4.78 is 6.17. The van der Waals surface area contributed by atoms with Crippen molar-refractivity contribution in [3.8, 4) is 5.75 Å².